The zero-order valence-electron chi connectivity index (χ0n) is 15.7. The van der Waals surface area contributed by atoms with Crippen LogP contribution in [-0.4, -0.2) is 52.3 Å². The third-order valence-electron chi connectivity index (χ3n) is 3.85. The van der Waals surface area contributed by atoms with E-state index >= 15 is 0 Å². The quantitative estimate of drug-likeness (QED) is 0.247. The first kappa shape index (κ1) is 22.4. The van der Waals surface area contributed by atoms with Gasteiger partial charge < -0.3 is 15.7 Å². The Labute approximate surface area is 157 Å². The van der Waals surface area contributed by atoms with Gasteiger partial charge in [-0.05, 0) is 37.8 Å². The lowest BCUT2D eigenvalue weighted by molar-refractivity contribution is 0.253. The number of rotatable bonds is 12. The Bertz CT molecular complexity index is 615. The summed E-state index contributed by atoms with van der Waals surface area (Å²) in [4.78, 5) is 4.81. The molecule has 1 rings (SSSR count). The molecule has 0 aromatic heterocycles. The molecule has 1 aromatic carbocycles. The normalized spacial score (nSPS) is 13.4. The number of nitrogens with one attached hydrogen (secondary N) is 3. The Morgan fingerprint density at radius 3 is 2.46 bits per heavy atom. The van der Waals surface area contributed by atoms with Crippen LogP contribution in [0.15, 0.2) is 40.2 Å². The van der Waals surface area contributed by atoms with Crippen molar-refractivity contribution in [1.82, 2.24) is 15.4 Å². The summed E-state index contributed by atoms with van der Waals surface area (Å²) in [5.74, 6) is 1.02. The van der Waals surface area contributed by atoms with Crippen LogP contribution in [0.4, 0.5) is 0 Å². The minimum Gasteiger partial charge on any atom is -0.396 e. The van der Waals surface area contributed by atoms with Gasteiger partial charge in [0.15, 0.2) is 5.96 Å². The monoisotopic (exact) mass is 384 g/mol. The van der Waals surface area contributed by atoms with Gasteiger partial charge in [-0.3, -0.25) is 4.99 Å². The molecule has 0 spiro atoms. The smallest absolute Gasteiger partial charge is 0.240 e. The second-order valence-corrected chi connectivity index (χ2v) is 7.79. The van der Waals surface area contributed by atoms with Crippen LogP contribution < -0.4 is 15.4 Å². The van der Waals surface area contributed by atoms with Crippen LogP contribution in [0, 0.1) is 5.92 Å². The summed E-state index contributed by atoms with van der Waals surface area (Å²) in [5, 5.41) is 15.4. The first-order valence-electron chi connectivity index (χ1n) is 9.21. The summed E-state index contributed by atoms with van der Waals surface area (Å²) in [6, 6.07) is 8.30. The van der Waals surface area contributed by atoms with Gasteiger partial charge in [0.05, 0.1) is 4.90 Å². The van der Waals surface area contributed by atoms with E-state index in [0.717, 1.165) is 25.8 Å². The van der Waals surface area contributed by atoms with Crippen molar-refractivity contribution < 1.29 is 13.5 Å². The van der Waals surface area contributed by atoms with Crippen molar-refractivity contribution >= 4 is 16.0 Å². The highest BCUT2D eigenvalue weighted by Crippen LogP contribution is 2.11. The van der Waals surface area contributed by atoms with Gasteiger partial charge in [0.25, 0.3) is 0 Å². The van der Waals surface area contributed by atoms with Crippen LogP contribution >= 0.6 is 0 Å². The number of aliphatic imine (C=N–C) groups is 1. The van der Waals surface area contributed by atoms with Crippen LogP contribution in [0.1, 0.15) is 33.1 Å². The highest BCUT2D eigenvalue weighted by Gasteiger charge is 2.12. The van der Waals surface area contributed by atoms with E-state index in [-0.39, 0.29) is 18.0 Å². The Hall–Kier alpha value is -1.64. The third-order valence-corrected chi connectivity index (χ3v) is 5.33. The van der Waals surface area contributed by atoms with E-state index in [0.29, 0.717) is 25.0 Å². The van der Waals surface area contributed by atoms with Crippen molar-refractivity contribution in [2.45, 2.75) is 38.0 Å². The molecule has 1 unspecified atom stereocenters. The standard InChI is InChI=1S/C18H32N4O3S/c1-3-8-16(11-14-23)15-21-18(19-4-2)20-12-13-22-26(24,25)17-9-6-5-7-10-17/h5-7,9-10,16,22-23H,3-4,8,11-15H2,1-2H3,(H2,19,20,21). The maximum absolute atomic E-state index is 12.2. The Kier molecular flexibility index (Phi) is 10.9. The lowest BCUT2D eigenvalue weighted by Crippen LogP contribution is -2.41. The number of hydrogen-bond acceptors (Lipinski definition) is 4. The van der Waals surface area contributed by atoms with E-state index in [2.05, 4.69) is 27.3 Å². The number of aliphatic hydroxyl groups excluding tert-OH is 1. The summed E-state index contributed by atoms with van der Waals surface area (Å²) in [5.41, 5.74) is 0. The van der Waals surface area contributed by atoms with Crippen molar-refractivity contribution in [2.24, 2.45) is 10.9 Å². The van der Waals surface area contributed by atoms with Crippen molar-refractivity contribution in [3.8, 4) is 0 Å². The highest BCUT2D eigenvalue weighted by atomic mass is 32.2. The Balaban J connectivity index is 2.49. The summed E-state index contributed by atoms with van der Waals surface area (Å²) >= 11 is 0. The summed E-state index contributed by atoms with van der Waals surface area (Å²) in [7, 11) is -3.49. The van der Waals surface area contributed by atoms with Crippen molar-refractivity contribution in [1.29, 1.82) is 0 Å². The van der Waals surface area contributed by atoms with Gasteiger partial charge in [-0.1, -0.05) is 31.5 Å². The van der Waals surface area contributed by atoms with Crippen LogP contribution in [0.25, 0.3) is 0 Å². The molecule has 0 saturated carbocycles. The molecular weight excluding hydrogens is 352 g/mol. The molecule has 0 fully saturated rings. The van der Waals surface area contributed by atoms with E-state index in [4.69, 9.17) is 5.11 Å². The zero-order valence-corrected chi connectivity index (χ0v) is 16.6. The van der Waals surface area contributed by atoms with Crippen LogP contribution in [0.3, 0.4) is 0 Å². The number of guanidine groups is 1. The van der Waals surface area contributed by atoms with Gasteiger partial charge in [0.2, 0.25) is 10.0 Å². The molecule has 4 N–H and O–H groups in total. The van der Waals surface area contributed by atoms with E-state index in [9.17, 15) is 8.42 Å². The molecule has 0 aliphatic rings. The number of nitrogens with zero attached hydrogens (tertiary/aromatic N) is 1. The molecule has 148 valence electrons. The number of benzene rings is 1. The van der Waals surface area contributed by atoms with Gasteiger partial charge in [-0.2, -0.15) is 0 Å². The molecule has 1 atom stereocenters. The fourth-order valence-corrected chi connectivity index (χ4v) is 3.58. The molecule has 0 saturated heterocycles. The molecule has 1 aromatic rings. The summed E-state index contributed by atoms with van der Waals surface area (Å²) < 4.78 is 26.9. The number of hydrogen-bond donors (Lipinski definition) is 4. The number of sulfonamides is 1. The fraction of sp³-hybridized carbons (Fsp3) is 0.611. The maximum Gasteiger partial charge on any atom is 0.240 e. The predicted octanol–water partition coefficient (Wildman–Crippen LogP) is 1.32. The highest BCUT2D eigenvalue weighted by molar-refractivity contribution is 7.89. The van der Waals surface area contributed by atoms with Gasteiger partial charge in [0, 0.05) is 32.8 Å². The van der Waals surface area contributed by atoms with Gasteiger partial charge in [-0.25, -0.2) is 13.1 Å². The topological polar surface area (TPSA) is 103 Å². The van der Waals surface area contributed by atoms with Crippen LogP contribution in [0.2, 0.25) is 0 Å². The van der Waals surface area contributed by atoms with Gasteiger partial charge in [0.1, 0.15) is 0 Å². The molecule has 7 nitrogen and oxygen atoms in total. The van der Waals surface area contributed by atoms with E-state index in [1.807, 2.05) is 6.92 Å². The second-order valence-electron chi connectivity index (χ2n) is 6.02. The lowest BCUT2D eigenvalue weighted by Gasteiger charge is -2.15. The molecule has 0 bridgehead atoms. The Morgan fingerprint density at radius 1 is 1.12 bits per heavy atom. The van der Waals surface area contributed by atoms with Gasteiger partial charge in [-0.15, -0.1) is 0 Å². The van der Waals surface area contributed by atoms with E-state index < -0.39 is 10.0 Å². The first-order chi connectivity index (χ1) is 12.5. The average molecular weight is 385 g/mol. The second kappa shape index (κ2) is 12.7. The molecule has 26 heavy (non-hydrogen) atoms. The SMILES string of the molecule is CCCC(CCO)CN=C(NCC)NCCNS(=O)(=O)c1ccccc1. The van der Waals surface area contributed by atoms with Crippen molar-refractivity contribution in [3.63, 3.8) is 0 Å². The maximum atomic E-state index is 12.2. The molecular formula is C18H32N4O3S. The molecule has 0 aliphatic heterocycles. The minimum absolute atomic E-state index is 0.172. The predicted molar refractivity (Wildman–Crippen MR) is 106 cm³/mol. The zero-order chi connectivity index (χ0) is 19.3. The average Bonchev–Trinajstić information content (AvgIpc) is 2.64. The van der Waals surface area contributed by atoms with E-state index in [1.165, 1.54) is 0 Å². The van der Waals surface area contributed by atoms with Crippen LogP contribution in [-0.2, 0) is 10.0 Å². The van der Waals surface area contributed by atoms with E-state index in [1.54, 1.807) is 30.3 Å². The molecule has 0 aliphatic carbocycles. The fourth-order valence-electron chi connectivity index (χ4n) is 2.53. The summed E-state index contributed by atoms with van der Waals surface area (Å²) in [6.45, 7) is 6.32. The number of aliphatic hydroxyl groups is 1. The summed E-state index contributed by atoms with van der Waals surface area (Å²) in [6.07, 6.45) is 2.83. The largest absolute Gasteiger partial charge is 0.396 e. The first-order valence-corrected chi connectivity index (χ1v) is 10.7. The lowest BCUT2D eigenvalue weighted by atomic mass is 10.0. The minimum atomic E-state index is -3.49. The third kappa shape index (κ3) is 8.64. The van der Waals surface area contributed by atoms with Crippen LogP contribution in [0.5, 0.6) is 0 Å². The molecule has 8 heteroatoms. The van der Waals surface area contributed by atoms with Crippen molar-refractivity contribution in [2.75, 3.05) is 32.8 Å². The van der Waals surface area contributed by atoms with Crippen molar-refractivity contribution in [3.05, 3.63) is 30.3 Å². The molecule has 0 amide bonds. The van der Waals surface area contributed by atoms with Gasteiger partial charge >= 0.3 is 0 Å². The molecule has 0 heterocycles. The Morgan fingerprint density at radius 2 is 1.85 bits per heavy atom. The molecule has 0 radical (unpaired) electrons.